The lowest BCUT2D eigenvalue weighted by Crippen LogP contribution is -2.34. The lowest BCUT2D eigenvalue weighted by molar-refractivity contribution is 0.388. The first kappa shape index (κ1) is 12.3. The molecule has 18 heavy (non-hydrogen) atoms. The molecule has 2 unspecified atom stereocenters. The van der Waals surface area contributed by atoms with E-state index in [2.05, 4.69) is 0 Å². The second kappa shape index (κ2) is 4.43. The predicted octanol–water partition coefficient (Wildman–Crippen LogP) is 1.32. The van der Waals surface area contributed by atoms with Crippen LogP contribution in [0.5, 0.6) is 5.75 Å². The first-order valence-electron chi connectivity index (χ1n) is 5.77. The van der Waals surface area contributed by atoms with Crippen molar-refractivity contribution in [1.82, 2.24) is 0 Å². The van der Waals surface area contributed by atoms with Gasteiger partial charge in [-0.15, -0.1) is 0 Å². The smallest absolute Gasteiger partial charge is 0.249 e. The van der Waals surface area contributed by atoms with Gasteiger partial charge < -0.3 is 9.47 Å². The molecular weight excluding hydrogens is 272 g/mol. The van der Waals surface area contributed by atoms with Gasteiger partial charge in [0.1, 0.15) is 11.9 Å². The standard InChI is InChI=1S/C12H14O4S2/c1-15-10-5-3-9(4-6-10)11-12(16-11)17(13)7-2-8-18(12)14/h3-6,11H,2,7-8H2,1H3/t11-,12?,17?,18?/m0/s1. The Morgan fingerprint density at radius 2 is 1.83 bits per heavy atom. The summed E-state index contributed by atoms with van der Waals surface area (Å²) < 4.78 is 33.9. The average Bonchev–Trinajstić information content (AvgIpc) is 3.13. The molecule has 0 aromatic heterocycles. The van der Waals surface area contributed by atoms with E-state index in [0.29, 0.717) is 11.5 Å². The molecule has 1 aromatic carbocycles. The number of benzene rings is 1. The molecule has 4 nitrogen and oxygen atoms in total. The van der Waals surface area contributed by atoms with Crippen LogP contribution in [0.15, 0.2) is 24.3 Å². The van der Waals surface area contributed by atoms with Gasteiger partial charge in [-0.25, -0.2) is 0 Å². The van der Waals surface area contributed by atoms with Crippen molar-refractivity contribution < 1.29 is 17.9 Å². The minimum atomic E-state index is -1.16. The van der Waals surface area contributed by atoms with E-state index in [0.717, 1.165) is 17.7 Å². The lowest BCUT2D eigenvalue weighted by atomic mass is 10.1. The zero-order valence-electron chi connectivity index (χ0n) is 9.96. The Kier molecular flexibility index (Phi) is 3.03. The zero-order chi connectivity index (χ0) is 12.8. The highest BCUT2D eigenvalue weighted by atomic mass is 32.2. The van der Waals surface area contributed by atoms with Crippen LogP contribution in [-0.4, -0.2) is 31.3 Å². The molecule has 2 fully saturated rings. The van der Waals surface area contributed by atoms with Crippen molar-refractivity contribution in [1.29, 1.82) is 0 Å². The Morgan fingerprint density at radius 3 is 2.39 bits per heavy atom. The molecule has 3 rings (SSSR count). The average molecular weight is 286 g/mol. The largest absolute Gasteiger partial charge is 0.497 e. The maximum absolute atomic E-state index is 12.1. The number of hydrogen-bond acceptors (Lipinski definition) is 4. The normalized spacial score (nSPS) is 38.6. The van der Waals surface area contributed by atoms with Crippen LogP contribution in [-0.2, 0) is 26.3 Å². The zero-order valence-corrected chi connectivity index (χ0v) is 11.6. The van der Waals surface area contributed by atoms with Crippen molar-refractivity contribution in [2.45, 2.75) is 16.8 Å². The SMILES string of the molecule is COc1ccc([C@@H]2OC23S(=O)CCCS3=O)cc1. The van der Waals surface area contributed by atoms with E-state index in [4.69, 9.17) is 9.47 Å². The molecule has 2 aliphatic rings. The number of rotatable bonds is 2. The Labute approximate surface area is 111 Å². The van der Waals surface area contributed by atoms with E-state index in [9.17, 15) is 8.42 Å². The summed E-state index contributed by atoms with van der Waals surface area (Å²) >= 11 is 0. The molecule has 0 N–H and O–H groups in total. The summed E-state index contributed by atoms with van der Waals surface area (Å²) in [6.45, 7) is 0. The Hall–Kier alpha value is -0.720. The third kappa shape index (κ3) is 1.74. The van der Waals surface area contributed by atoms with Crippen LogP contribution in [0.25, 0.3) is 0 Å². The monoisotopic (exact) mass is 286 g/mol. The predicted molar refractivity (Wildman–Crippen MR) is 70.2 cm³/mol. The van der Waals surface area contributed by atoms with Crippen molar-refractivity contribution in [3.8, 4) is 5.75 Å². The van der Waals surface area contributed by atoms with Gasteiger partial charge in [-0.05, 0) is 24.1 Å². The fourth-order valence-corrected chi connectivity index (χ4v) is 6.29. The molecule has 1 spiro atoms. The molecule has 6 heteroatoms. The Morgan fingerprint density at radius 1 is 1.22 bits per heavy atom. The minimum Gasteiger partial charge on any atom is -0.497 e. The maximum Gasteiger partial charge on any atom is 0.249 e. The molecular formula is C12H14O4S2. The maximum atomic E-state index is 12.1. The van der Waals surface area contributed by atoms with Crippen LogP contribution in [0, 0.1) is 0 Å². The third-order valence-electron chi connectivity index (χ3n) is 3.26. The van der Waals surface area contributed by atoms with Crippen molar-refractivity contribution in [2.24, 2.45) is 0 Å². The summed E-state index contributed by atoms with van der Waals surface area (Å²) in [6, 6.07) is 7.42. The summed E-state index contributed by atoms with van der Waals surface area (Å²) in [5, 5.41) is 0. The van der Waals surface area contributed by atoms with E-state index in [1.54, 1.807) is 7.11 Å². The summed E-state index contributed by atoms with van der Waals surface area (Å²) in [7, 11) is -0.715. The molecule has 0 radical (unpaired) electrons. The Balaban J connectivity index is 1.87. The van der Waals surface area contributed by atoms with Gasteiger partial charge in [0.25, 0.3) is 0 Å². The van der Waals surface area contributed by atoms with Crippen molar-refractivity contribution in [3.05, 3.63) is 29.8 Å². The van der Waals surface area contributed by atoms with Gasteiger partial charge in [-0.1, -0.05) is 12.1 Å². The summed E-state index contributed by atoms with van der Waals surface area (Å²) in [4.78, 5) is 0. The van der Waals surface area contributed by atoms with E-state index in [1.165, 1.54) is 0 Å². The molecule has 2 heterocycles. The van der Waals surface area contributed by atoms with Crippen LogP contribution in [0.4, 0.5) is 0 Å². The highest BCUT2D eigenvalue weighted by Gasteiger charge is 2.67. The Bertz CT molecular complexity index is 495. The second-order valence-corrected chi connectivity index (χ2v) is 8.00. The molecule has 1 aromatic rings. The van der Waals surface area contributed by atoms with E-state index < -0.39 is 25.9 Å². The van der Waals surface area contributed by atoms with Crippen LogP contribution in [0.3, 0.4) is 0 Å². The van der Waals surface area contributed by atoms with E-state index in [-0.39, 0.29) is 6.10 Å². The van der Waals surface area contributed by atoms with E-state index >= 15 is 0 Å². The van der Waals surface area contributed by atoms with Gasteiger partial charge in [-0.3, -0.25) is 8.42 Å². The first-order valence-corrected chi connectivity index (χ1v) is 8.41. The third-order valence-corrected chi connectivity index (χ3v) is 7.58. The van der Waals surface area contributed by atoms with Gasteiger partial charge in [0.05, 0.1) is 28.7 Å². The summed E-state index contributed by atoms with van der Waals surface area (Å²) in [5.74, 6) is 1.93. The van der Waals surface area contributed by atoms with Gasteiger partial charge in [0.15, 0.2) is 0 Å². The molecule has 2 aliphatic heterocycles. The molecule has 0 aliphatic carbocycles. The van der Waals surface area contributed by atoms with E-state index in [1.807, 2.05) is 24.3 Å². The quantitative estimate of drug-likeness (QED) is 0.770. The summed E-state index contributed by atoms with van der Waals surface area (Å²) in [6.07, 6.45) is 0.449. The van der Waals surface area contributed by atoms with Crippen molar-refractivity contribution in [3.63, 3.8) is 0 Å². The molecule has 3 atom stereocenters. The van der Waals surface area contributed by atoms with Gasteiger partial charge in [-0.2, -0.15) is 0 Å². The summed E-state index contributed by atoms with van der Waals surface area (Å²) in [5.41, 5.74) is 0.916. The highest BCUT2D eigenvalue weighted by Crippen LogP contribution is 2.56. The van der Waals surface area contributed by atoms with Gasteiger partial charge in [0.2, 0.25) is 4.27 Å². The van der Waals surface area contributed by atoms with Gasteiger partial charge in [0, 0.05) is 11.5 Å². The topological polar surface area (TPSA) is 55.9 Å². The molecule has 2 saturated heterocycles. The van der Waals surface area contributed by atoms with Crippen LogP contribution in [0.1, 0.15) is 18.1 Å². The fraction of sp³-hybridized carbons (Fsp3) is 0.500. The minimum absolute atomic E-state index is 0.301. The second-order valence-electron chi connectivity index (χ2n) is 4.33. The fourth-order valence-electron chi connectivity index (χ4n) is 2.24. The number of epoxide rings is 1. The molecule has 98 valence electrons. The molecule has 0 amide bonds. The highest BCUT2D eigenvalue weighted by molar-refractivity contribution is 8.05. The number of ether oxygens (including phenoxy) is 2. The van der Waals surface area contributed by atoms with Crippen LogP contribution in [0.2, 0.25) is 0 Å². The van der Waals surface area contributed by atoms with Gasteiger partial charge >= 0.3 is 0 Å². The number of hydrogen-bond donors (Lipinski definition) is 0. The molecule has 0 bridgehead atoms. The van der Waals surface area contributed by atoms with Crippen molar-refractivity contribution >= 4 is 21.6 Å². The lowest BCUT2D eigenvalue weighted by Gasteiger charge is -2.17. The van der Waals surface area contributed by atoms with Crippen molar-refractivity contribution in [2.75, 3.05) is 18.6 Å². The van der Waals surface area contributed by atoms with Crippen LogP contribution >= 0.6 is 0 Å². The first-order chi connectivity index (χ1) is 8.68. The molecule has 0 saturated carbocycles. The number of methoxy groups -OCH3 is 1. The van der Waals surface area contributed by atoms with Crippen LogP contribution < -0.4 is 4.74 Å².